The first-order valence-corrected chi connectivity index (χ1v) is 13.8. The number of urea groups is 1. The van der Waals surface area contributed by atoms with Crippen molar-refractivity contribution in [1.82, 2.24) is 15.6 Å². The Labute approximate surface area is 197 Å². The number of hydrogen-bond donors (Lipinski definition) is 3. The molecule has 1 aliphatic rings. The molecule has 0 bridgehead atoms. The summed E-state index contributed by atoms with van der Waals surface area (Å²) in [4.78, 5) is 28.3. The third-order valence-corrected chi connectivity index (χ3v) is 8.64. The molecule has 0 radical (unpaired) electrons. The minimum Gasteiger partial charge on any atom is -0.334 e. The summed E-state index contributed by atoms with van der Waals surface area (Å²) >= 11 is 5.47. The van der Waals surface area contributed by atoms with Crippen LogP contribution in [-0.2, 0) is 4.79 Å². The lowest BCUT2D eigenvalue weighted by atomic mass is 10.0. The number of unbranched alkanes of at least 4 members (excludes halogenated alkanes) is 2. The second-order valence-corrected chi connectivity index (χ2v) is 12.1. The van der Waals surface area contributed by atoms with Crippen molar-refractivity contribution in [2.24, 2.45) is 0 Å². The van der Waals surface area contributed by atoms with E-state index in [1.165, 1.54) is 0 Å². The van der Waals surface area contributed by atoms with Crippen LogP contribution in [0.3, 0.4) is 0 Å². The highest BCUT2D eigenvalue weighted by molar-refractivity contribution is 8.04. The Hall–Kier alpha value is -1.45. The number of anilines is 1. The molecular weight excluding hydrogens is 448 g/mol. The van der Waals surface area contributed by atoms with E-state index >= 15 is 0 Å². The predicted octanol–water partition coefficient (Wildman–Crippen LogP) is 5.49. The Morgan fingerprint density at radius 1 is 1.23 bits per heavy atom. The van der Waals surface area contributed by atoms with Crippen molar-refractivity contribution >= 4 is 62.7 Å². The number of rotatable bonds is 12. The largest absolute Gasteiger partial charge is 0.334 e. The Balaban J connectivity index is 1.37. The molecule has 1 fully saturated rings. The highest BCUT2D eigenvalue weighted by Crippen LogP contribution is 2.32. The standard InChI is InChI=1S/C22H32N4O2S3/c1-14(2)29-11-12-30-22-26-18-10-9-16(13-19(18)31-22)24-20(27)8-6-4-5-7-17-15(3)23-21(28)25-17/h9-10,13-15,17H,4-8,11-12H2,1-3H3,(H,24,27)(H2,23,25,28). The van der Waals surface area contributed by atoms with Gasteiger partial charge in [0.25, 0.3) is 0 Å². The fourth-order valence-corrected chi connectivity index (χ4v) is 6.49. The van der Waals surface area contributed by atoms with Crippen LogP contribution in [0.2, 0.25) is 0 Å². The zero-order valence-corrected chi connectivity index (χ0v) is 20.9. The summed E-state index contributed by atoms with van der Waals surface area (Å²) in [7, 11) is 0. The van der Waals surface area contributed by atoms with E-state index < -0.39 is 0 Å². The second kappa shape index (κ2) is 12.0. The number of aromatic nitrogens is 1. The quantitative estimate of drug-likeness (QED) is 0.276. The number of carbonyl (C=O) groups excluding carboxylic acids is 2. The second-order valence-electron chi connectivity index (χ2n) is 8.09. The van der Waals surface area contributed by atoms with Gasteiger partial charge in [-0.05, 0) is 43.2 Å². The van der Waals surface area contributed by atoms with Crippen molar-refractivity contribution in [2.75, 3.05) is 16.8 Å². The van der Waals surface area contributed by atoms with Crippen LogP contribution in [-0.4, -0.2) is 45.8 Å². The van der Waals surface area contributed by atoms with Crippen LogP contribution in [0.15, 0.2) is 22.5 Å². The van der Waals surface area contributed by atoms with Crippen LogP contribution in [0, 0.1) is 0 Å². The molecule has 9 heteroatoms. The first-order chi connectivity index (χ1) is 14.9. The molecule has 1 saturated heterocycles. The van der Waals surface area contributed by atoms with Gasteiger partial charge in [-0.15, -0.1) is 11.3 Å². The summed E-state index contributed by atoms with van der Waals surface area (Å²) in [5.41, 5.74) is 1.83. The third-order valence-electron chi connectivity index (χ3n) is 5.11. The maximum atomic E-state index is 12.3. The normalized spacial score (nSPS) is 18.4. The van der Waals surface area contributed by atoms with E-state index in [2.05, 4.69) is 29.8 Å². The van der Waals surface area contributed by atoms with Crippen molar-refractivity contribution in [3.63, 3.8) is 0 Å². The zero-order chi connectivity index (χ0) is 22.2. The molecule has 2 aromatic rings. The summed E-state index contributed by atoms with van der Waals surface area (Å²) in [6.45, 7) is 6.46. The van der Waals surface area contributed by atoms with Crippen molar-refractivity contribution < 1.29 is 9.59 Å². The predicted molar refractivity (Wildman–Crippen MR) is 135 cm³/mol. The Morgan fingerprint density at radius 2 is 2.06 bits per heavy atom. The van der Waals surface area contributed by atoms with Crippen LogP contribution >= 0.6 is 34.9 Å². The molecule has 3 N–H and O–H groups in total. The molecule has 6 nitrogen and oxygen atoms in total. The maximum absolute atomic E-state index is 12.3. The van der Waals surface area contributed by atoms with Crippen molar-refractivity contribution in [1.29, 1.82) is 0 Å². The first kappa shape index (κ1) is 24.2. The highest BCUT2D eigenvalue weighted by Gasteiger charge is 2.26. The number of nitrogens with zero attached hydrogens (tertiary/aromatic N) is 1. The smallest absolute Gasteiger partial charge is 0.315 e. The Kier molecular flexibility index (Phi) is 9.34. The average Bonchev–Trinajstić information content (AvgIpc) is 3.26. The van der Waals surface area contributed by atoms with Crippen LogP contribution < -0.4 is 16.0 Å². The van der Waals surface area contributed by atoms with Gasteiger partial charge in [0.1, 0.15) is 0 Å². The van der Waals surface area contributed by atoms with Crippen molar-refractivity contribution in [3.05, 3.63) is 18.2 Å². The van der Waals surface area contributed by atoms with E-state index in [1.807, 2.05) is 36.9 Å². The van der Waals surface area contributed by atoms with Crippen LogP contribution in [0.4, 0.5) is 10.5 Å². The van der Waals surface area contributed by atoms with Gasteiger partial charge in [-0.3, -0.25) is 4.79 Å². The number of benzene rings is 1. The van der Waals surface area contributed by atoms with Gasteiger partial charge in [0, 0.05) is 29.7 Å². The molecule has 1 aromatic carbocycles. The molecule has 1 aliphatic heterocycles. The fourth-order valence-electron chi connectivity index (χ4n) is 3.47. The number of nitrogens with one attached hydrogen (secondary N) is 3. The lowest BCUT2D eigenvalue weighted by molar-refractivity contribution is -0.116. The summed E-state index contributed by atoms with van der Waals surface area (Å²) in [5.74, 6) is 2.24. The van der Waals surface area contributed by atoms with Gasteiger partial charge in [-0.25, -0.2) is 9.78 Å². The molecule has 3 rings (SSSR count). The van der Waals surface area contributed by atoms with E-state index in [9.17, 15) is 9.59 Å². The fraction of sp³-hybridized carbons (Fsp3) is 0.591. The van der Waals surface area contributed by atoms with Crippen LogP contribution in [0.25, 0.3) is 10.2 Å². The number of amides is 3. The average molecular weight is 481 g/mol. The van der Waals surface area contributed by atoms with Gasteiger partial charge in [-0.2, -0.15) is 11.8 Å². The molecule has 0 saturated carbocycles. The number of thioether (sulfide) groups is 2. The molecule has 1 aromatic heterocycles. The summed E-state index contributed by atoms with van der Waals surface area (Å²) < 4.78 is 2.20. The zero-order valence-electron chi connectivity index (χ0n) is 18.4. The summed E-state index contributed by atoms with van der Waals surface area (Å²) in [6.07, 6.45) is 4.30. The lowest BCUT2D eigenvalue weighted by Crippen LogP contribution is -2.30. The van der Waals surface area contributed by atoms with Gasteiger partial charge in [-0.1, -0.05) is 38.5 Å². The molecule has 0 aliphatic carbocycles. The van der Waals surface area contributed by atoms with Crippen LogP contribution in [0.1, 0.15) is 52.9 Å². The lowest BCUT2D eigenvalue weighted by Gasteiger charge is -2.13. The van der Waals surface area contributed by atoms with Gasteiger partial charge in [0.05, 0.1) is 16.3 Å². The molecule has 2 unspecified atom stereocenters. The minimum absolute atomic E-state index is 0.0494. The maximum Gasteiger partial charge on any atom is 0.315 e. The highest BCUT2D eigenvalue weighted by atomic mass is 32.2. The Bertz CT molecular complexity index is 887. The number of hydrogen-bond acceptors (Lipinski definition) is 6. The van der Waals surface area contributed by atoms with Crippen LogP contribution in [0.5, 0.6) is 0 Å². The summed E-state index contributed by atoms with van der Waals surface area (Å²) in [5, 5.41) is 9.48. The topological polar surface area (TPSA) is 83.1 Å². The number of thiazole rings is 1. The molecule has 170 valence electrons. The van der Waals surface area contributed by atoms with E-state index in [1.54, 1.807) is 23.1 Å². The van der Waals surface area contributed by atoms with E-state index in [-0.39, 0.29) is 24.0 Å². The first-order valence-electron chi connectivity index (χ1n) is 10.9. The van der Waals surface area contributed by atoms with Gasteiger partial charge in [0.2, 0.25) is 5.91 Å². The SMILES string of the molecule is CC(C)SCCSc1nc2ccc(NC(=O)CCCCCC3NC(=O)NC3C)cc2s1. The van der Waals surface area contributed by atoms with E-state index in [0.717, 1.165) is 57.4 Å². The summed E-state index contributed by atoms with van der Waals surface area (Å²) in [6, 6.07) is 6.24. The van der Waals surface area contributed by atoms with Crippen molar-refractivity contribution in [3.8, 4) is 0 Å². The molecule has 2 heterocycles. The molecule has 3 amide bonds. The molecular formula is C22H32N4O2S3. The number of carbonyl (C=O) groups is 2. The van der Waals surface area contributed by atoms with Gasteiger partial charge < -0.3 is 16.0 Å². The molecule has 31 heavy (non-hydrogen) atoms. The van der Waals surface area contributed by atoms with Crippen molar-refractivity contribution in [2.45, 2.75) is 74.5 Å². The van der Waals surface area contributed by atoms with Gasteiger partial charge >= 0.3 is 6.03 Å². The van der Waals surface area contributed by atoms with E-state index in [4.69, 9.17) is 4.98 Å². The van der Waals surface area contributed by atoms with Gasteiger partial charge in [0.15, 0.2) is 4.34 Å². The monoisotopic (exact) mass is 480 g/mol. The number of fused-ring (bicyclic) bond motifs is 1. The molecule has 2 atom stereocenters. The molecule has 0 spiro atoms. The van der Waals surface area contributed by atoms with E-state index in [0.29, 0.717) is 11.7 Å². The minimum atomic E-state index is -0.0781. The Morgan fingerprint density at radius 3 is 2.81 bits per heavy atom. The third kappa shape index (κ3) is 7.88.